The van der Waals surface area contributed by atoms with Gasteiger partial charge in [-0.15, -0.1) is 0 Å². The number of aliphatic carboxylic acids is 1. The summed E-state index contributed by atoms with van der Waals surface area (Å²) in [5, 5.41) is 13.9. The van der Waals surface area contributed by atoms with Crippen molar-refractivity contribution in [2.75, 3.05) is 17.4 Å². The van der Waals surface area contributed by atoms with Gasteiger partial charge in [0.25, 0.3) is 15.9 Å². The van der Waals surface area contributed by atoms with Crippen LogP contribution in [0.3, 0.4) is 0 Å². The van der Waals surface area contributed by atoms with Crippen molar-refractivity contribution in [3.63, 3.8) is 0 Å². The first kappa shape index (κ1) is 26.3. The molecule has 3 aromatic carbocycles. The van der Waals surface area contributed by atoms with E-state index < -0.39 is 22.5 Å². The van der Waals surface area contributed by atoms with Gasteiger partial charge in [-0.2, -0.15) is 0 Å². The van der Waals surface area contributed by atoms with Crippen molar-refractivity contribution in [3.05, 3.63) is 70.2 Å². The number of rotatable bonds is 8. The quantitative estimate of drug-likeness (QED) is 0.373. The third kappa shape index (κ3) is 5.94. The molecule has 0 aliphatic heterocycles. The van der Waals surface area contributed by atoms with Gasteiger partial charge in [0, 0.05) is 22.2 Å². The van der Waals surface area contributed by atoms with Crippen LogP contribution in [0.25, 0.3) is 10.8 Å². The number of benzene rings is 3. The van der Waals surface area contributed by atoms with Crippen molar-refractivity contribution >= 4 is 61.6 Å². The molecule has 10 heteroatoms. The molecular formula is C26H26Cl2N2O5S. The van der Waals surface area contributed by atoms with Gasteiger partial charge in [0.05, 0.1) is 10.6 Å². The SMILES string of the molecule is O=C(O)CN(c1ccc2c(C(=O)NCC3CCCCC3)cccc2c1)S(=O)(=O)c1cc(Cl)cc(Cl)c1. The van der Waals surface area contributed by atoms with E-state index in [2.05, 4.69) is 5.32 Å². The van der Waals surface area contributed by atoms with Crippen LogP contribution in [0.5, 0.6) is 0 Å². The molecule has 3 aromatic rings. The third-order valence-corrected chi connectivity index (χ3v) is 8.56. The van der Waals surface area contributed by atoms with Gasteiger partial charge < -0.3 is 10.4 Å². The van der Waals surface area contributed by atoms with Crippen molar-refractivity contribution in [2.45, 2.75) is 37.0 Å². The number of carboxylic acids is 1. The molecule has 1 aliphatic rings. The summed E-state index contributed by atoms with van der Waals surface area (Å²) < 4.78 is 27.6. The Morgan fingerprint density at radius 3 is 2.33 bits per heavy atom. The molecule has 0 heterocycles. The first-order chi connectivity index (χ1) is 17.1. The second-order valence-electron chi connectivity index (χ2n) is 8.94. The second kappa shape index (κ2) is 11.1. The van der Waals surface area contributed by atoms with E-state index in [1.54, 1.807) is 30.3 Å². The molecule has 36 heavy (non-hydrogen) atoms. The van der Waals surface area contributed by atoms with Crippen LogP contribution >= 0.6 is 23.2 Å². The van der Waals surface area contributed by atoms with Crippen LogP contribution in [0.2, 0.25) is 10.0 Å². The molecule has 0 bridgehead atoms. The standard InChI is InChI=1S/C26H26Cl2N2O5S/c27-19-12-20(28)14-22(13-19)36(34,35)30(16-25(31)32)21-9-10-23-18(11-21)7-4-8-24(23)26(33)29-15-17-5-2-1-3-6-17/h4,7-14,17H,1-3,5-6,15-16H2,(H,29,33)(H,31,32). The third-order valence-electron chi connectivity index (χ3n) is 6.38. The smallest absolute Gasteiger partial charge is 0.324 e. The molecule has 1 amide bonds. The van der Waals surface area contributed by atoms with Crippen molar-refractivity contribution < 1.29 is 23.1 Å². The topological polar surface area (TPSA) is 104 Å². The molecule has 4 rings (SSSR count). The van der Waals surface area contributed by atoms with E-state index in [1.807, 2.05) is 0 Å². The average Bonchev–Trinajstić information content (AvgIpc) is 2.85. The van der Waals surface area contributed by atoms with E-state index in [0.717, 1.165) is 17.1 Å². The minimum atomic E-state index is -4.31. The number of nitrogens with one attached hydrogen (secondary N) is 1. The van der Waals surface area contributed by atoms with Crippen molar-refractivity contribution in [3.8, 4) is 0 Å². The Bertz CT molecular complexity index is 1380. The lowest BCUT2D eigenvalue weighted by Crippen LogP contribution is -2.35. The highest BCUT2D eigenvalue weighted by molar-refractivity contribution is 7.92. The average molecular weight is 549 g/mol. The summed E-state index contributed by atoms with van der Waals surface area (Å²) in [4.78, 5) is 24.3. The fourth-order valence-electron chi connectivity index (χ4n) is 4.59. The monoisotopic (exact) mass is 548 g/mol. The Kier molecular flexibility index (Phi) is 8.07. The maximum absolute atomic E-state index is 13.4. The zero-order chi connectivity index (χ0) is 25.9. The van der Waals surface area contributed by atoms with Crippen LogP contribution in [-0.2, 0) is 14.8 Å². The predicted octanol–water partition coefficient (Wildman–Crippen LogP) is 5.74. The lowest BCUT2D eigenvalue weighted by Gasteiger charge is -2.24. The van der Waals surface area contributed by atoms with Crippen LogP contribution in [0.4, 0.5) is 5.69 Å². The van der Waals surface area contributed by atoms with Gasteiger partial charge in [-0.25, -0.2) is 8.42 Å². The summed E-state index contributed by atoms with van der Waals surface area (Å²) >= 11 is 12.0. The predicted molar refractivity (Wildman–Crippen MR) is 141 cm³/mol. The van der Waals surface area contributed by atoms with Gasteiger partial charge in [-0.1, -0.05) is 60.7 Å². The number of nitrogens with zero attached hydrogens (tertiary/aromatic N) is 1. The first-order valence-electron chi connectivity index (χ1n) is 11.7. The number of fused-ring (bicyclic) bond motifs is 1. The van der Waals surface area contributed by atoms with Crippen molar-refractivity contribution in [2.24, 2.45) is 5.92 Å². The van der Waals surface area contributed by atoms with Crippen LogP contribution in [0.1, 0.15) is 42.5 Å². The molecule has 0 radical (unpaired) electrons. The highest BCUT2D eigenvalue weighted by Crippen LogP contribution is 2.31. The number of carbonyl (C=O) groups excluding carboxylic acids is 1. The number of anilines is 1. The second-order valence-corrected chi connectivity index (χ2v) is 11.7. The van der Waals surface area contributed by atoms with Crippen LogP contribution in [0, 0.1) is 5.92 Å². The number of amides is 1. The first-order valence-corrected chi connectivity index (χ1v) is 13.9. The fourth-order valence-corrected chi connectivity index (χ4v) is 6.72. The Hall–Kier alpha value is -2.81. The Morgan fingerprint density at radius 2 is 1.67 bits per heavy atom. The maximum atomic E-state index is 13.4. The molecule has 0 saturated heterocycles. The molecule has 0 aromatic heterocycles. The molecule has 1 fully saturated rings. The molecule has 190 valence electrons. The highest BCUT2D eigenvalue weighted by Gasteiger charge is 2.28. The Labute approximate surface area is 220 Å². The van der Waals surface area contributed by atoms with Gasteiger partial charge in [0.15, 0.2) is 0 Å². The summed E-state index contributed by atoms with van der Waals surface area (Å²) in [6, 6.07) is 13.7. The molecule has 0 spiro atoms. The number of halogens is 2. The molecule has 0 unspecified atom stereocenters. The largest absolute Gasteiger partial charge is 0.480 e. The lowest BCUT2D eigenvalue weighted by atomic mass is 9.89. The van der Waals surface area contributed by atoms with Crippen LogP contribution in [-0.4, -0.2) is 38.5 Å². The van der Waals surface area contributed by atoms with E-state index in [1.165, 1.54) is 43.5 Å². The minimum absolute atomic E-state index is 0.110. The number of carboxylic acid groups (broad SMARTS) is 1. The summed E-state index contributed by atoms with van der Waals surface area (Å²) in [7, 11) is -4.31. The molecule has 2 N–H and O–H groups in total. The summed E-state index contributed by atoms with van der Waals surface area (Å²) in [6.45, 7) is -0.181. The van der Waals surface area contributed by atoms with E-state index in [9.17, 15) is 23.1 Å². The number of sulfonamides is 1. The number of carbonyl (C=O) groups is 2. The highest BCUT2D eigenvalue weighted by atomic mass is 35.5. The van der Waals surface area contributed by atoms with Gasteiger partial charge in [-0.05, 0) is 65.9 Å². The van der Waals surface area contributed by atoms with E-state index in [-0.39, 0.29) is 26.5 Å². The van der Waals surface area contributed by atoms with Crippen LogP contribution < -0.4 is 9.62 Å². The Balaban J connectivity index is 1.67. The molecule has 1 aliphatic carbocycles. The Morgan fingerprint density at radius 1 is 0.972 bits per heavy atom. The van der Waals surface area contributed by atoms with Crippen molar-refractivity contribution in [1.29, 1.82) is 0 Å². The zero-order valence-corrected chi connectivity index (χ0v) is 21.7. The lowest BCUT2D eigenvalue weighted by molar-refractivity contribution is -0.135. The summed E-state index contributed by atoms with van der Waals surface area (Å²) in [5.74, 6) is -1.04. The van der Waals surface area contributed by atoms with Gasteiger partial charge in [-0.3, -0.25) is 13.9 Å². The summed E-state index contributed by atoms with van der Waals surface area (Å²) in [5.41, 5.74) is 0.616. The van der Waals surface area contributed by atoms with Gasteiger partial charge in [0.2, 0.25) is 0 Å². The van der Waals surface area contributed by atoms with Gasteiger partial charge >= 0.3 is 5.97 Å². The molecule has 7 nitrogen and oxygen atoms in total. The van der Waals surface area contributed by atoms with Gasteiger partial charge in [0.1, 0.15) is 6.54 Å². The van der Waals surface area contributed by atoms with E-state index >= 15 is 0 Å². The normalized spacial score (nSPS) is 14.5. The number of hydrogen-bond acceptors (Lipinski definition) is 4. The maximum Gasteiger partial charge on any atom is 0.324 e. The molecule has 0 atom stereocenters. The minimum Gasteiger partial charge on any atom is -0.480 e. The van der Waals surface area contributed by atoms with E-state index in [4.69, 9.17) is 23.2 Å². The van der Waals surface area contributed by atoms with Crippen LogP contribution in [0.15, 0.2) is 59.5 Å². The molecule has 1 saturated carbocycles. The molecular weight excluding hydrogens is 523 g/mol. The summed E-state index contributed by atoms with van der Waals surface area (Å²) in [6.07, 6.45) is 5.86. The van der Waals surface area contributed by atoms with E-state index in [0.29, 0.717) is 28.8 Å². The number of hydrogen-bond donors (Lipinski definition) is 2. The zero-order valence-electron chi connectivity index (χ0n) is 19.4. The fraction of sp³-hybridized carbons (Fsp3) is 0.308. The van der Waals surface area contributed by atoms with Crippen molar-refractivity contribution in [1.82, 2.24) is 5.32 Å².